The Kier molecular flexibility index (Phi) is 8.16. The second-order valence-electron chi connectivity index (χ2n) is 5.10. The SMILES string of the molecule is CCOC(=O)Cc1ccc(C)cc1O/C(C)=C/C(I)=C(/O)CC. The fourth-order valence-electron chi connectivity index (χ4n) is 1.90. The van der Waals surface area contributed by atoms with Crippen LogP contribution in [0, 0.1) is 6.92 Å². The van der Waals surface area contributed by atoms with Crippen molar-refractivity contribution in [3.63, 3.8) is 0 Å². The highest BCUT2D eigenvalue weighted by atomic mass is 127. The van der Waals surface area contributed by atoms with Gasteiger partial charge >= 0.3 is 5.97 Å². The van der Waals surface area contributed by atoms with Crippen molar-refractivity contribution >= 4 is 28.6 Å². The van der Waals surface area contributed by atoms with Crippen LogP contribution in [0.5, 0.6) is 5.75 Å². The fraction of sp³-hybridized carbons (Fsp3) is 0.389. The molecule has 126 valence electrons. The average molecular weight is 430 g/mol. The van der Waals surface area contributed by atoms with Gasteiger partial charge < -0.3 is 14.6 Å². The van der Waals surface area contributed by atoms with E-state index in [1.54, 1.807) is 13.0 Å². The van der Waals surface area contributed by atoms with Gasteiger partial charge in [0, 0.05) is 12.0 Å². The zero-order chi connectivity index (χ0) is 17.4. The van der Waals surface area contributed by atoms with Gasteiger partial charge in [-0.1, -0.05) is 19.1 Å². The molecule has 1 aromatic rings. The van der Waals surface area contributed by atoms with Gasteiger partial charge in [-0.15, -0.1) is 0 Å². The number of halogens is 1. The number of carbonyl (C=O) groups is 1. The molecular weight excluding hydrogens is 407 g/mol. The van der Waals surface area contributed by atoms with E-state index in [-0.39, 0.29) is 12.4 Å². The minimum Gasteiger partial charge on any atom is -0.511 e. The van der Waals surface area contributed by atoms with Gasteiger partial charge in [-0.25, -0.2) is 0 Å². The summed E-state index contributed by atoms with van der Waals surface area (Å²) in [5.41, 5.74) is 1.82. The third-order valence-corrected chi connectivity index (χ3v) is 4.01. The molecular formula is C18H23IO4. The minimum absolute atomic E-state index is 0.171. The van der Waals surface area contributed by atoms with Crippen LogP contribution < -0.4 is 4.74 Å². The van der Waals surface area contributed by atoms with Gasteiger partial charge in [0.25, 0.3) is 0 Å². The number of hydrogen-bond donors (Lipinski definition) is 1. The first-order valence-electron chi connectivity index (χ1n) is 7.56. The topological polar surface area (TPSA) is 55.8 Å². The minimum atomic E-state index is -0.277. The molecule has 1 rings (SSSR count). The Morgan fingerprint density at radius 1 is 1.35 bits per heavy atom. The van der Waals surface area contributed by atoms with Crippen molar-refractivity contribution in [2.45, 2.75) is 40.5 Å². The van der Waals surface area contributed by atoms with E-state index < -0.39 is 0 Å². The Balaban J connectivity index is 3.00. The summed E-state index contributed by atoms with van der Waals surface area (Å²) in [6.45, 7) is 7.81. The maximum Gasteiger partial charge on any atom is 0.310 e. The number of esters is 1. The first-order valence-corrected chi connectivity index (χ1v) is 8.64. The first-order chi connectivity index (χ1) is 10.9. The average Bonchev–Trinajstić information content (AvgIpc) is 2.49. The number of benzene rings is 1. The normalized spacial score (nSPS) is 12.7. The van der Waals surface area contributed by atoms with Gasteiger partial charge in [0.2, 0.25) is 0 Å². The standard InChI is InChI=1S/C18H23IO4/c1-5-16(20)15(19)10-13(4)23-17-9-12(3)7-8-14(17)11-18(21)22-6-2/h7-10,20H,5-6,11H2,1-4H3/b13-10+,16-15-. The molecule has 0 radical (unpaired) electrons. The van der Waals surface area contributed by atoms with E-state index in [1.165, 1.54) is 0 Å². The summed E-state index contributed by atoms with van der Waals surface area (Å²) in [5, 5.41) is 9.73. The Bertz CT molecular complexity index is 617. The molecule has 0 heterocycles. The van der Waals surface area contributed by atoms with Crippen molar-refractivity contribution in [3.05, 3.63) is 50.5 Å². The quantitative estimate of drug-likeness (QED) is 0.286. The molecule has 0 atom stereocenters. The monoisotopic (exact) mass is 430 g/mol. The lowest BCUT2D eigenvalue weighted by Gasteiger charge is -2.12. The highest BCUT2D eigenvalue weighted by Gasteiger charge is 2.11. The molecule has 0 saturated heterocycles. The summed E-state index contributed by atoms with van der Waals surface area (Å²) in [7, 11) is 0. The zero-order valence-corrected chi connectivity index (χ0v) is 16.1. The third-order valence-electron chi connectivity index (χ3n) is 3.07. The fourth-order valence-corrected chi connectivity index (χ4v) is 2.72. The van der Waals surface area contributed by atoms with E-state index in [0.29, 0.717) is 30.3 Å². The summed E-state index contributed by atoms with van der Waals surface area (Å²) in [6, 6.07) is 5.70. The third kappa shape index (κ3) is 6.64. The molecule has 1 N–H and O–H groups in total. The lowest BCUT2D eigenvalue weighted by molar-refractivity contribution is -0.142. The molecule has 4 nitrogen and oxygen atoms in total. The Morgan fingerprint density at radius 3 is 2.65 bits per heavy atom. The molecule has 0 saturated carbocycles. The summed E-state index contributed by atoms with van der Waals surface area (Å²) < 4.78 is 11.6. The van der Waals surface area contributed by atoms with Gasteiger partial charge in [-0.2, -0.15) is 0 Å². The van der Waals surface area contributed by atoms with Crippen molar-refractivity contribution in [2.24, 2.45) is 0 Å². The van der Waals surface area contributed by atoms with Crippen molar-refractivity contribution in [1.82, 2.24) is 0 Å². The molecule has 23 heavy (non-hydrogen) atoms. The van der Waals surface area contributed by atoms with Crippen LogP contribution in [0.15, 0.2) is 39.4 Å². The zero-order valence-electron chi connectivity index (χ0n) is 14.0. The molecule has 0 aliphatic carbocycles. The lowest BCUT2D eigenvalue weighted by Crippen LogP contribution is -2.09. The van der Waals surface area contributed by atoms with Crippen molar-refractivity contribution in [1.29, 1.82) is 0 Å². The maximum atomic E-state index is 11.7. The van der Waals surface area contributed by atoms with Gasteiger partial charge in [-0.05, 0) is 61.1 Å². The number of aryl methyl sites for hydroxylation is 1. The predicted octanol–water partition coefficient (Wildman–Crippen LogP) is 5.00. The molecule has 1 aromatic carbocycles. The Morgan fingerprint density at radius 2 is 2.04 bits per heavy atom. The molecule has 0 fully saturated rings. The predicted molar refractivity (Wildman–Crippen MR) is 99.9 cm³/mol. The number of rotatable bonds is 7. The van der Waals surface area contributed by atoms with Gasteiger partial charge in [0.05, 0.1) is 16.6 Å². The van der Waals surface area contributed by atoms with Gasteiger partial charge in [0.1, 0.15) is 17.3 Å². The molecule has 0 aliphatic heterocycles. The smallest absolute Gasteiger partial charge is 0.310 e. The van der Waals surface area contributed by atoms with Crippen LogP contribution in [0.3, 0.4) is 0 Å². The Labute approximate surface area is 151 Å². The summed E-state index contributed by atoms with van der Waals surface area (Å²) in [4.78, 5) is 11.7. The van der Waals surface area contributed by atoms with E-state index in [0.717, 1.165) is 14.7 Å². The van der Waals surface area contributed by atoms with E-state index in [4.69, 9.17) is 9.47 Å². The number of aliphatic hydroxyl groups excluding tert-OH is 1. The number of allylic oxidation sites excluding steroid dienone is 4. The van der Waals surface area contributed by atoms with Crippen LogP contribution in [0.1, 0.15) is 38.3 Å². The molecule has 0 unspecified atom stereocenters. The van der Waals surface area contributed by atoms with E-state index in [9.17, 15) is 9.90 Å². The van der Waals surface area contributed by atoms with Crippen LogP contribution in [0.4, 0.5) is 0 Å². The highest BCUT2D eigenvalue weighted by Crippen LogP contribution is 2.25. The van der Waals surface area contributed by atoms with Crippen LogP contribution in [-0.4, -0.2) is 17.7 Å². The molecule has 0 aliphatic rings. The number of ether oxygens (including phenoxy) is 2. The van der Waals surface area contributed by atoms with E-state index in [1.807, 2.05) is 39.0 Å². The lowest BCUT2D eigenvalue weighted by atomic mass is 10.1. The number of aliphatic hydroxyl groups is 1. The van der Waals surface area contributed by atoms with Crippen molar-refractivity contribution in [2.75, 3.05) is 6.61 Å². The van der Waals surface area contributed by atoms with E-state index in [2.05, 4.69) is 22.6 Å². The van der Waals surface area contributed by atoms with Gasteiger partial charge in [0.15, 0.2) is 0 Å². The summed E-state index contributed by atoms with van der Waals surface area (Å²) in [5.74, 6) is 1.32. The van der Waals surface area contributed by atoms with Crippen LogP contribution in [-0.2, 0) is 16.0 Å². The van der Waals surface area contributed by atoms with Crippen LogP contribution >= 0.6 is 22.6 Å². The maximum absolute atomic E-state index is 11.7. The molecule has 0 amide bonds. The van der Waals surface area contributed by atoms with E-state index >= 15 is 0 Å². The van der Waals surface area contributed by atoms with Crippen molar-refractivity contribution in [3.8, 4) is 5.75 Å². The van der Waals surface area contributed by atoms with Gasteiger partial charge in [-0.3, -0.25) is 4.79 Å². The summed E-state index contributed by atoms with van der Waals surface area (Å²) >= 11 is 2.07. The molecule has 5 heteroatoms. The number of hydrogen-bond acceptors (Lipinski definition) is 4. The highest BCUT2D eigenvalue weighted by molar-refractivity contribution is 14.1. The molecule has 0 bridgehead atoms. The Hall–Kier alpha value is -1.50. The van der Waals surface area contributed by atoms with Crippen LogP contribution in [0.25, 0.3) is 0 Å². The number of carbonyl (C=O) groups excluding carboxylic acids is 1. The largest absolute Gasteiger partial charge is 0.511 e. The van der Waals surface area contributed by atoms with Crippen molar-refractivity contribution < 1.29 is 19.4 Å². The molecule has 0 aromatic heterocycles. The molecule has 0 spiro atoms. The second-order valence-corrected chi connectivity index (χ2v) is 6.26. The second kappa shape index (κ2) is 9.60. The first kappa shape index (κ1) is 19.5. The summed E-state index contributed by atoms with van der Waals surface area (Å²) in [6.07, 6.45) is 2.51. The van der Waals surface area contributed by atoms with Crippen LogP contribution in [0.2, 0.25) is 0 Å².